The van der Waals surface area contributed by atoms with Gasteiger partial charge in [-0.1, -0.05) is 249 Å². The second-order valence-corrected chi connectivity index (χ2v) is 20.9. The summed E-state index contributed by atoms with van der Waals surface area (Å²) >= 11 is 0. The number of nitrogens with zero attached hydrogens (tertiary/aromatic N) is 2. The molecule has 76 heavy (non-hydrogen) atoms. The van der Waals surface area contributed by atoms with E-state index < -0.39 is 0 Å². The molecule has 0 saturated heterocycles. The van der Waals surface area contributed by atoms with Crippen molar-refractivity contribution in [3.8, 4) is 78.4 Å². The van der Waals surface area contributed by atoms with E-state index in [1.807, 2.05) is 0 Å². The summed E-state index contributed by atoms with van der Waals surface area (Å²) in [6, 6.07) is 99.3. The molecule has 11 aromatic carbocycles. The third-order valence-corrected chi connectivity index (χ3v) is 17.0. The van der Waals surface area contributed by atoms with Crippen molar-refractivity contribution in [3.05, 3.63) is 334 Å². The summed E-state index contributed by atoms with van der Waals surface area (Å²) in [4.78, 5) is 10.9. The molecule has 0 radical (unpaired) electrons. The summed E-state index contributed by atoms with van der Waals surface area (Å²) in [6.07, 6.45) is 0. The Balaban J connectivity index is 1.00. The quantitative estimate of drug-likeness (QED) is 0.159. The first kappa shape index (κ1) is 43.0. The van der Waals surface area contributed by atoms with Gasteiger partial charge < -0.3 is 0 Å². The van der Waals surface area contributed by atoms with Gasteiger partial charge in [-0.15, -0.1) is 0 Å². The highest BCUT2D eigenvalue weighted by atomic mass is 14.9. The number of fused-ring (bicyclic) bond motifs is 14. The van der Waals surface area contributed by atoms with Gasteiger partial charge in [0.25, 0.3) is 0 Å². The van der Waals surface area contributed by atoms with E-state index in [2.05, 4.69) is 267 Å². The van der Waals surface area contributed by atoms with Crippen LogP contribution in [0.1, 0.15) is 90.4 Å². The van der Waals surface area contributed by atoms with Crippen molar-refractivity contribution in [2.45, 2.75) is 23.7 Å². The van der Waals surface area contributed by atoms with Gasteiger partial charge in [0.2, 0.25) is 0 Å². The van der Waals surface area contributed by atoms with Gasteiger partial charge in [0.05, 0.1) is 11.4 Å². The van der Waals surface area contributed by atoms with Gasteiger partial charge in [-0.25, -0.2) is 9.97 Å². The third-order valence-electron chi connectivity index (χ3n) is 17.0. The molecule has 0 bridgehead atoms. The lowest BCUT2D eigenvalue weighted by molar-refractivity contribution is 0.984. The van der Waals surface area contributed by atoms with Crippen molar-refractivity contribution in [2.75, 3.05) is 0 Å². The van der Waals surface area contributed by atoms with Crippen LogP contribution in [0.5, 0.6) is 0 Å². The van der Waals surface area contributed by atoms with Gasteiger partial charge in [0.15, 0.2) is 5.82 Å². The van der Waals surface area contributed by atoms with Crippen molar-refractivity contribution in [3.63, 3.8) is 0 Å². The predicted octanol–water partition coefficient (Wildman–Crippen LogP) is 18.1. The maximum Gasteiger partial charge on any atom is 0.160 e. The number of aromatic nitrogens is 2. The lowest BCUT2D eigenvalue weighted by Crippen LogP contribution is -2.06. The van der Waals surface area contributed by atoms with E-state index in [9.17, 15) is 0 Å². The standard InChI is InChI=1S/C74H48N2/c1-6-22-45(23-7-1)63-44-64(76-74(75-63)49-30-14-5-15-31-49)62-43-61-52-33-17-19-35-54(52)66(47-26-10-3-11-27-47)71(61)72-60-42-50(38-39-58(60)67(73(62)72)48-28-12-4-13-29-48)68-53-34-18-16-32-51(53)57-40-41-59-65(46-24-8-2-9-25-46)55-36-20-21-37-56(55)69(59)70(57)68/h1-44,65-68H. The second kappa shape index (κ2) is 17.0. The van der Waals surface area contributed by atoms with Crippen LogP contribution in [-0.4, -0.2) is 9.97 Å². The van der Waals surface area contributed by atoms with Crippen LogP contribution in [0.2, 0.25) is 0 Å². The molecule has 0 N–H and O–H groups in total. The molecule has 16 rings (SSSR count). The molecule has 0 fully saturated rings. The van der Waals surface area contributed by atoms with Gasteiger partial charge >= 0.3 is 0 Å². The molecule has 4 aliphatic carbocycles. The van der Waals surface area contributed by atoms with Crippen LogP contribution in [0.4, 0.5) is 0 Å². The maximum absolute atomic E-state index is 5.63. The number of rotatable bonds is 7. The molecule has 12 aromatic rings. The van der Waals surface area contributed by atoms with Crippen LogP contribution in [0.15, 0.2) is 267 Å². The Morgan fingerprint density at radius 2 is 0.658 bits per heavy atom. The zero-order valence-corrected chi connectivity index (χ0v) is 41.6. The molecule has 2 nitrogen and oxygen atoms in total. The Labute approximate surface area is 443 Å². The lowest BCUT2D eigenvalue weighted by Gasteiger charge is -2.23. The fourth-order valence-corrected chi connectivity index (χ4v) is 14.0. The summed E-state index contributed by atoms with van der Waals surface area (Å²) in [5.41, 5.74) is 31.6. The highest BCUT2D eigenvalue weighted by Gasteiger charge is 2.44. The van der Waals surface area contributed by atoms with Crippen molar-refractivity contribution in [1.29, 1.82) is 0 Å². The molecule has 354 valence electrons. The Bertz CT molecular complexity index is 4220. The molecule has 1 aromatic heterocycles. The average Bonchev–Trinajstić information content (AvgIpc) is 4.24. The Morgan fingerprint density at radius 1 is 0.224 bits per heavy atom. The molecule has 2 heteroatoms. The van der Waals surface area contributed by atoms with Gasteiger partial charge in [0, 0.05) is 40.4 Å². The van der Waals surface area contributed by atoms with E-state index in [1.54, 1.807) is 0 Å². The Kier molecular flexibility index (Phi) is 9.62. The highest BCUT2D eigenvalue weighted by molar-refractivity contribution is 6.00. The van der Waals surface area contributed by atoms with Crippen LogP contribution in [0, 0.1) is 0 Å². The Hall–Kier alpha value is -9.50. The van der Waals surface area contributed by atoms with Gasteiger partial charge in [-0.2, -0.15) is 0 Å². The van der Waals surface area contributed by atoms with Crippen LogP contribution in [0.25, 0.3) is 78.4 Å². The van der Waals surface area contributed by atoms with Crippen LogP contribution in [0.3, 0.4) is 0 Å². The van der Waals surface area contributed by atoms with Crippen LogP contribution in [-0.2, 0) is 0 Å². The average molecular weight is 965 g/mol. The van der Waals surface area contributed by atoms with E-state index >= 15 is 0 Å². The monoisotopic (exact) mass is 964 g/mol. The summed E-state index contributed by atoms with van der Waals surface area (Å²) in [7, 11) is 0. The van der Waals surface area contributed by atoms with E-state index in [1.165, 1.54) is 111 Å². The first-order chi connectivity index (χ1) is 37.7. The predicted molar refractivity (Wildman–Crippen MR) is 310 cm³/mol. The smallest absolute Gasteiger partial charge is 0.160 e. The molecule has 4 unspecified atom stereocenters. The van der Waals surface area contributed by atoms with E-state index in [-0.39, 0.29) is 23.7 Å². The van der Waals surface area contributed by atoms with E-state index in [0.717, 1.165) is 28.1 Å². The zero-order chi connectivity index (χ0) is 49.8. The third kappa shape index (κ3) is 6.41. The molecule has 4 aliphatic rings. The number of hydrogen-bond acceptors (Lipinski definition) is 2. The summed E-state index contributed by atoms with van der Waals surface area (Å²) < 4.78 is 0. The van der Waals surface area contributed by atoms with Crippen molar-refractivity contribution < 1.29 is 0 Å². The molecule has 0 saturated carbocycles. The Morgan fingerprint density at radius 3 is 1.28 bits per heavy atom. The lowest BCUT2D eigenvalue weighted by atomic mass is 9.80. The second-order valence-electron chi connectivity index (χ2n) is 20.9. The first-order valence-corrected chi connectivity index (χ1v) is 26.7. The molecular weight excluding hydrogens is 917 g/mol. The maximum atomic E-state index is 5.63. The largest absolute Gasteiger partial charge is 0.228 e. The van der Waals surface area contributed by atoms with E-state index in [0.29, 0.717) is 5.82 Å². The minimum Gasteiger partial charge on any atom is -0.228 e. The topological polar surface area (TPSA) is 25.8 Å². The van der Waals surface area contributed by atoms with E-state index in [4.69, 9.17) is 9.97 Å². The van der Waals surface area contributed by atoms with Crippen molar-refractivity contribution >= 4 is 0 Å². The first-order valence-electron chi connectivity index (χ1n) is 26.7. The van der Waals surface area contributed by atoms with Gasteiger partial charge in [-0.3, -0.25) is 0 Å². The normalized spacial score (nSPS) is 16.7. The fraction of sp³-hybridized carbons (Fsp3) is 0.0541. The zero-order valence-electron chi connectivity index (χ0n) is 41.6. The summed E-state index contributed by atoms with van der Waals surface area (Å²) in [5.74, 6) is 0.834. The summed E-state index contributed by atoms with van der Waals surface area (Å²) in [5, 5.41) is 0. The number of hydrogen-bond donors (Lipinski definition) is 0. The minimum absolute atomic E-state index is 0.00956. The molecule has 0 aliphatic heterocycles. The van der Waals surface area contributed by atoms with Crippen LogP contribution < -0.4 is 0 Å². The molecular formula is C74H48N2. The van der Waals surface area contributed by atoms with Crippen LogP contribution >= 0.6 is 0 Å². The van der Waals surface area contributed by atoms with Gasteiger partial charge in [-0.05, 0) is 129 Å². The molecule has 0 spiro atoms. The minimum atomic E-state index is -0.0677. The SMILES string of the molecule is c1ccc(-c2cc(-c3cc4c(c5c3C(c3ccccc3)c3ccc(C6c7ccccc7-c7ccc8c(c76)-c6ccccc6C8c6ccccc6)cc3-5)C(c3ccccc3)c3ccccc3-4)nc(-c3ccccc3)n2)cc1. The van der Waals surface area contributed by atoms with Crippen molar-refractivity contribution in [1.82, 2.24) is 9.97 Å². The molecule has 1 heterocycles. The molecule has 4 atom stereocenters. The summed E-state index contributed by atoms with van der Waals surface area (Å²) in [6.45, 7) is 0. The van der Waals surface area contributed by atoms with Gasteiger partial charge in [0.1, 0.15) is 0 Å². The fourth-order valence-electron chi connectivity index (χ4n) is 14.0. The number of benzene rings is 11. The highest BCUT2D eigenvalue weighted by Crippen LogP contribution is 2.63. The molecule has 0 amide bonds. The van der Waals surface area contributed by atoms with Crippen molar-refractivity contribution in [2.24, 2.45) is 0 Å².